The van der Waals surface area contributed by atoms with Crippen molar-refractivity contribution in [2.24, 2.45) is 0 Å². The zero-order valence-electron chi connectivity index (χ0n) is 14.2. The number of thioether (sulfide) groups is 1. The summed E-state index contributed by atoms with van der Waals surface area (Å²) in [6, 6.07) is 6.41. The van der Waals surface area contributed by atoms with Crippen molar-refractivity contribution >= 4 is 35.3 Å². The molecular formula is C18H16O7S. The molecular weight excluding hydrogens is 360 g/mol. The number of hydrogen-bond acceptors (Lipinski definition) is 8. The van der Waals surface area contributed by atoms with Crippen LogP contribution in [-0.2, 0) is 23.8 Å². The van der Waals surface area contributed by atoms with E-state index in [0.717, 1.165) is 11.8 Å². The van der Waals surface area contributed by atoms with Crippen LogP contribution in [0.15, 0.2) is 34.9 Å². The minimum Gasteiger partial charge on any atom is -0.463 e. The second-order valence-electron chi connectivity index (χ2n) is 5.52. The average Bonchev–Trinajstić information content (AvgIpc) is 3.17. The fraction of sp³-hybridized carbons (Fsp3) is 0.333. The third-order valence-electron chi connectivity index (χ3n) is 3.96. The Balaban J connectivity index is 2.01. The highest BCUT2D eigenvalue weighted by Gasteiger charge is 2.57. The highest BCUT2D eigenvalue weighted by molar-refractivity contribution is 8.03. The van der Waals surface area contributed by atoms with E-state index in [1.165, 1.54) is 0 Å². The monoisotopic (exact) mass is 376 g/mol. The summed E-state index contributed by atoms with van der Waals surface area (Å²) in [7, 11) is 0. The van der Waals surface area contributed by atoms with Crippen LogP contribution in [0.3, 0.4) is 0 Å². The van der Waals surface area contributed by atoms with E-state index in [0.29, 0.717) is 0 Å². The Kier molecular flexibility index (Phi) is 4.86. The Bertz CT molecular complexity index is 785. The molecule has 0 radical (unpaired) electrons. The summed E-state index contributed by atoms with van der Waals surface area (Å²) in [5.74, 6) is -2.93. The predicted molar refractivity (Wildman–Crippen MR) is 91.7 cm³/mol. The molecule has 0 spiro atoms. The molecule has 1 aromatic carbocycles. The number of benzene rings is 1. The fourth-order valence-electron chi connectivity index (χ4n) is 2.72. The maximum absolute atomic E-state index is 12.6. The third kappa shape index (κ3) is 2.70. The Hall–Kier alpha value is -2.61. The summed E-state index contributed by atoms with van der Waals surface area (Å²) >= 11 is 0.947. The minimum absolute atomic E-state index is 0.0449. The van der Waals surface area contributed by atoms with Gasteiger partial charge in [-0.1, -0.05) is 36.0 Å². The van der Waals surface area contributed by atoms with Gasteiger partial charge in [-0.15, -0.1) is 0 Å². The van der Waals surface area contributed by atoms with Crippen molar-refractivity contribution < 1.29 is 33.4 Å². The molecule has 1 fully saturated rings. The number of allylic oxidation sites excluding steroid dienone is 1. The molecule has 1 saturated heterocycles. The van der Waals surface area contributed by atoms with Gasteiger partial charge in [0.25, 0.3) is 0 Å². The molecule has 1 heterocycles. The SMILES string of the molecule is CCOC(=O)C1(C(=O)OCC)CSC(=C2C(=O)c3ccccc3C2=O)O1. The second kappa shape index (κ2) is 6.95. The fourth-order valence-corrected chi connectivity index (χ4v) is 3.88. The molecule has 0 bridgehead atoms. The topological polar surface area (TPSA) is 96.0 Å². The van der Waals surface area contributed by atoms with E-state index in [2.05, 4.69) is 0 Å². The summed E-state index contributed by atoms with van der Waals surface area (Å²) in [4.78, 5) is 49.9. The van der Waals surface area contributed by atoms with Gasteiger partial charge in [0, 0.05) is 11.1 Å². The molecule has 1 aliphatic carbocycles. The molecule has 8 heteroatoms. The van der Waals surface area contributed by atoms with Gasteiger partial charge in [0.05, 0.1) is 19.0 Å². The lowest BCUT2D eigenvalue weighted by Gasteiger charge is -2.23. The first-order valence-electron chi connectivity index (χ1n) is 8.05. The van der Waals surface area contributed by atoms with E-state index in [1.807, 2.05) is 0 Å². The van der Waals surface area contributed by atoms with E-state index < -0.39 is 29.1 Å². The number of ketones is 2. The van der Waals surface area contributed by atoms with Crippen LogP contribution in [-0.4, -0.2) is 48.1 Å². The average molecular weight is 376 g/mol. The smallest absolute Gasteiger partial charge is 0.363 e. The summed E-state index contributed by atoms with van der Waals surface area (Å²) in [5.41, 5.74) is -1.65. The number of hydrogen-bond donors (Lipinski definition) is 0. The number of Topliss-reactive ketones (excluding diaryl/α,β-unsaturated/α-hetero) is 2. The van der Waals surface area contributed by atoms with Crippen molar-refractivity contribution in [1.82, 2.24) is 0 Å². The normalized spacial score (nSPS) is 17.8. The molecule has 136 valence electrons. The van der Waals surface area contributed by atoms with Crippen LogP contribution in [0.5, 0.6) is 0 Å². The van der Waals surface area contributed by atoms with Crippen LogP contribution < -0.4 is 0 Å². The van der Waals surface area contributed by atoms with Gasteiger partial charge in [-0.25, -0.2) is 9.59 Å². The Morgan fingerprint density at radius 3 is 2.00 bits per heavy atom. The van der Waals surface area contributed by atoms with E-state index >= 15 is 0 Å². The number of carbonyl (C=O) groups excluding carboxylic acids is 4. The summed E-state index contributed by atoms with van der Waals surface area (Å²) < 4.78 is 15.5. The highest BCUT2D eigenvalue weighted by Crippen LogP contribution is 2.43. The maximum Gasteiger partial charge on any atom is 0.363 e. The molecule has 0 saturated carbocycles. The van der Waals surface area contributed by atoms with E-state index in [-0.39, 0.29) is 40.8 Å². The Morgan fingerprint density at radius 2 is 1.54 bits per heavy atom. The molecule has 2 aliphatic rings. The Morgan fingerprint density at radius 1 is 1.04 bits per heavy atom. The van der Waals surface area contributed by atoms with Gasteiger partial charge in [-0.05, 0) is 13.8 Å². The molecule has 0 unspecified atom stereocenters. The van der Waals surface area contributed by atoms with Gasteiger partial charge in [-0.3, -0.25) is 9.59 Å². The molecule has 1 aliphatic heterocycles. The second-order valence-corrected chi connectivity index (χ2v) is 6.47. The Labute approximate surface area is 153 Å². The molecule has 1 aromatic rings. The predicted octanol–water partition coefficient (Wildman–Crippen LogP) is 1.91. The van der Waals surface area contributed by atoms with Crippen LogP contribution >= 0.6 is 11.8 Å². The van der Waals surface area contributed by atoms with Gasteiger partial charge < -0.3 is 14.2 Å². The number of esters is 2. The zero-order valence-corrected chi connectivity index (χ0v) is 15.0. The number of fused-ring (bicyclic) bond motifs is 1. The lowest BCUT2D eigenvalue weighted by Crippen LogP contribution is -2.50. The van der Waals surface area contributed by atoms with Gasteiger partial charge in [0.2, 0.25) is 11.6 Å². The zero-order chi connectivity index (χ0) is 18.9. The summed E-state index contributed by atoms with van der Waals surface area (Å²) in [5, 5.41) is -0.0580. The van der Waals surface area contributed by atoms with Gasteiger partial charge in [0.15, 0.2) is 5.09 Å². The van der Waals surface area contributed by atoms with Crippen LogP contribution in [0.25, 0.3) is 0 Å². The first kappa shape index (κ1) is 18.2. The molecule has 0 atom stereocenters. The molecule has 26 heavy (non-hydrogen) atoms. The van der Waals surface area contributed by atoms with Crippen molar-refractivity contribution in [3.05, 3.63) is 46.1 Å². The van der Waals surface area contributed by atoms with Crippen molar-refractivity contribution in [2.45, 2.75) is 19.4 Å². The summed E-state index contributed by atoms with van der Waals surface area (Å²) in [6.07, 6.45) is 0. The van der Waals surface area contributed by atoms with Crippen LogP contribution in [0, 0.1) is 0 Å². The van der Waals surface area contributed by atoms with Gasteiger partial charge in [-0.2, -0.15) is 0 Å². The lowest BCUT2D eigenvalue weighted by molar-refractivity contribution is -0.180. The molecule has 0 amide bonds. The first-order valence-corrected chi connectivity index (χ1v) is 9.03. The van der Waals surface area contributed by atoms with Gasteiger partial charge in [0.1, 0.15) is 5.57 Å². The number of rotatable bonds is 4. The third-order valence-corrected chi connectivity index (χ3v) is 5.06. The van der Waals surface area contributed by atoms with Crippen molar-refractivity contribution in [3.8, 4) is 0 Å². The molecule has 3 rings (SSSR count). The molecule has 0 aromatic heterocycles. The highest BCUT2D eigenvalue weighted by atomic mass is 32.2. The quantitative estimate of drug-likeness (QED) is 0.340. The summed E-state index contributed by atoms with van der Waals surface area (Å²) in [6.45, 7) is 3.28. The van der Waals surface area contributed by atoms with E-state index in [4.69, 9.17) is 14.2 Å². The number of ether oxygens (including phenoxy) is 3. The van der Waals surface area contributed by atoms with Gasteiger partial charge >= 0.3 is 17.5 Å². The van der Waals surface area contributed by atoms with Crippen molar-refractivity contribution in [1.29, 1.82) is 0 Å². The number of carbonyl (C=O) groups is 4. The van der Waals surface area contributed by atoms with E-state index in [9.17, 15) is 19.2 Å². The standard InChI is InChI=1S/C18H16O7S/c1-3-23-16(21)18(17(22)24-4-2)9-26-15(25-18)12-13(19)10-7-5-6-8-11(10)14(12)20/h5-8H,3-4,9H2,1-2H3. The van der Waals surface area contributed by atoms with Crippen LogP contribution in [0.4, 0.5) is 0 Å². The van der Waals surface area contributed by atoms with Crippen LogP contribution in [0.2, 0.25) is 0 Å². The first-order chi connectivity index (χ1) is 12.5. The molecule has 0 N–H and O–H groups in total. The maximum atomic E-state index is 12.6. The largest absolute Gasteiger partial charge is 0.463 e. The van der Waals surface area contributed by atoms with Crippen molar-refractivity contribution in [2.75, 3.05) is 19.0 Å². The minimum atomic E-state index is -2.02. The van der Waals surface area contributed by atoms with Crippen LogP contribution in [0.1, 0.15) is 34.6 Å². The molecule has 7 nitrogen and oxygen atoms in total. The lowest BCUT2D eigenvalue weighted by atomic mass is 10.1. The van der Waals surface area contributed by atoms with Crippen molar-refractivity contribution in [3.63, 3.8) is 0 Å². The van der Waals surface area contributed by atoms with E-state index in [1.54, 1.807) is 38.1 Å².